The van der Waals surface area contributed by atoms with Gasteiger partial charge in [0, 0.05) is 5.56 Å². The van der Waals surface area contributed by atoms with Gasteiger partial charge in [0.05, 0.1) is 34.9 Å². The van der Waals surface area contributed by atoms with Crippen molar-refractivity contribution < 1.29 is 23.8 Å². The van der Waals surface area contributed by atoms with Crippen molar-refractivity contribution in [3.05, 3.63) is 109 Å². The predicted octanol–water partition coefficient (Wildman–Crippen LogP) is 5.12. The van der Waals surface area contributed by atoms with Gasteiger partial charge in [0.2, 0.25) is 0 Å². The quantitative estimate of drug-likeness (QED) is 0.351. The lowest BCUT2D eigenvalue weighted by Crippen LogP contribution is -2.21. The van der Waals surface area contributed by atoms with Gasteiger partial charge in [-0.1, -0.05) is 30.3 Å². The minimum Gasteiger partial charge on any atom is -0.507 e. The van der Waals surface area contributed by atoms with E-state index in [1.54, 1.807) is 60.7 Å². The minimum atomic E-state index is -1.24. The molecule has 0 saturated heterocycles. The third-order valence-corrected chi connectivity index (χ3v) is 6.17. The zero-order valence-electron chi connectivity index (χ0n) is 19.3. The van der Waals surface area contributed by atoms with E-state index in [0.29, 0.717) is 22.1 Å². The fraction of sp³-hybridized carbons (Fsp3) is 0.143. The molecule has 0 aliphatic rings. The van der Waals surface area contributed by atoms with Crippen molar-refractivity contribution in [2.45, 2.75) is 19.8 Å². The zero-order chi connectivity index (χ0) is 24.9. The molecule has 0 saturated carbocycles. The minimum absolute atomic E-state index is 0.208. The summed E-state index contributed by atoms with van der Waals surface area (Å²) in [4.78, 5) is 26.6. The van der Waals surface area contributed by atoms with Crippen LogP contribution in [0, 0.1) is 13.8 Å². The van der Waals surface area contributed by atoms with E-state index in [2.05, 4.69) is 0 Å². The molecule has 0 aliphatic carbocycles. The van der Waals surface area contributed by atoms with Crippen molar-refractivity contribution in [3.8, 4) is 17.2 Å². The maximum Gasteiger partial charge on any atom is 0.344 e. The number of ether oxygens (including phenoxy) is 1. The molecule has 0 amide bonds. The first-order valence-electron chi connectivity index (χ1n) is 11.0. The SMILES string of the molecule is COc1ccccc1C(c1c(O)c2ccc(C)cc2oc1=O)c1c(O)c2ccc(C)cc2oc1=O. The Hall–Kier alpha value is -4.52. The van der Waals surface area contributed by atoms with Crippen LogP contribution < -0.4 is 16.0 Å². The Morgan fingerprint density at radius 1 is 0.743 bits per heavy atom. The summed E-state index contributed by atoms with van der Waals surface area (Å²) in [6.45, 7) is 3.67. The Bertz CT molecular complexity index is 1620. The second-order valence-corrected chi connectivity index (χ2v) is 8.48. The normalized spacial score (nSPS) is 11.4. The van der Waals surface area contributed by atoms with Gasteiger partial charge < -0.3 is 23.8 Å². The second-order valence-electron chi connectivity index (χ2n) is 8.48. The van der Waals surface area contributed by atoms with Crippen LogP contribution in [0.1, 0.15) is 33.7 Å². The van der Waals surface area contributed by atoms with Gasteiger partial charge in [0.15, 0.2) is 0 Å². The van der Waals surface area contributed by atoms with Crippen LogP contribution in [0.4, 0.5) is 0 Å². The van der Waals surface area contributed by atoms with Crippen LogP contribution >= 0.6 is 0 Å². The van der Waals surface area contributed by atoms with Crippen LogP contribution in [0.15, 0.2) is 79.1 Å². The molecule has 0 fully saturated rings. The predicted molar refractivity (Wildman–Crippen MR) is 132 cm³/mol. The molecule has 2 N–H and O–H groups in total. The summed E-state index contributed by atoms with van der Waals surface area (Å²) in [6.07, 6.45) is 0. The molecule has 2 aromatic heterocycles. The van der Waals surface area contributed by atoms with Gasteiger partial charge in [-0.3, -0.25) is 0 Å². The van der Waals surface area contributed by atoms with Crippen LogP contribution in [0.5, 0.6) is 17.2 Å². The van der Waals surface area contributed by atoms with Gasteiger partial charge in [0.1, 0.15) is 28.4 Å². The van der Waals surface area contributed by atoms with Gasteiger partial charge in [-0.15, -0.1) is 0 Å². The molecule has 0 atom stereocenters. The molecule has 35 heavy (non-hydrogen) atoms. The summed E-state index contributed by atoms with van der Waals surface area (Å²) >= 11 is 0. The van der Waals surface area contributed by atoms with Gasteiger partial charge in [-0.25, -0.2) is 9.59 Å². The molecule has 0 aliphatic heterocycles. The van der Waals surface area contributed by atoms with Crippen LogP contribution in [-0.2, 0) is 0 Å². The van der Waals surface area contributed by atoms with Crippen LogP contribution in [0.25, 0.3) is 21.9 Å². The Balaban J connectivity index is 1.93. The number of aryl methyl sites for hydroxylation is 2. The fourth-order valence-electron chi connectivity index (χ4n) is 4.48. The number of benzene rings is 3. The van der Waals surface area contributed by atoms with Gasteiger partial charge in [0.25, 0.3) is 0 Å². The first-order valence-corrected chi connectivity index (χ1v) is 11.0. The smallest absolute Gasteiger partial charge is 0.344 e. The summed E-state index contributed by atoms with van der Waals surface area (Å²) in [5, 5.41) is 23.2. The summed E-state index contributed by atoms with van der Waals surface area (Å²) in [5.74, 6) is -1.59. The third-order valence-electron chi connectivity index (χ3n) is 6.17. The molecular formula is C28H22O7. The Morgan fingerprint density at radius 2 is 1.23 bits per heavy atom. The van der Waals surface area contributed by atoms with Crippen molar-refractivity contribution in [3.63, 3.8) is 0 Å². The van der Waals surface area contributed by atoms with E-state index < -0.39 is 17.2 Å². The van der Waals surface area contributed by atoms with Crippen LogP contribution in [0.3, 0.4) is 0 Å². The maximum absolute atomic E-state index is 13.3. The van der Waals surface area contributed by atoms with Crippen molar-refractivity contribution in [2.75, 3.05) is 7.11 Å². The van der Waals surface area contributed by atoms with E-state index in [1.165, 1.54) is 7.11 Å². The number of fused-ring (bicyclic) bond motifs is 2. The number of hydrogen-bond acceptors (Lipinski definition) is 7. The average molecular weight is 470 g/mol. The standard InChI is InChI=1S/C28H22O7/c1-14-8-10-17-20(12-14)34-27(31)23(25(17)29)22(16-6-4-5-7-19(16)33-3)24-26(30)18-11-9-15(2)13-21(18)35-28(24)32/h4-13,22,29-30H,1-3H3. The van der Waals surface area contributed by atoms with Gasteiger partial charge >= 0.3 is 11.3 Å². The molecule has 0 unspecified atom stereocenters. The van der Waals surface area contributed by atoms with E-state index in [1.807, 2.05) is 13.8 Å². The largest absolute Gasteiger partial charge is 0.507 e. The highest BCUT2D eigenvalue weighted by atomic mass is 16.5. The lowest BCUT2D eigenvalue weighted by atomic mass is 9.84. The summed E-state index contributed by atoms with van der Waals surface area (Å²) in [5.41, 5.74) is 0.367. The van der Waals surface area contributed by atoms with E-state index >= 15 is 0 Å². The van der Waals surface area contributed by atoms with Crippen LogP contribution in [0.2, 0.25) is 0 Å². The lowest BCUT2D eigenvalue weighted by Gasteiger charge is -2.21. The molecule has 0 spiro atoms. The van der Waals surface area contributed by atoms with E-state index in [0.717, 1.165) is 11.1 Å². The first kappa shape index (κ1) is 22.3. The number of methoxy groups -OCH3 is 1. The number of para-hydroxylation sites is 1. The molecule has 5 rings (SSSR count). The highest BCUT2D eigenvalue weighted by molar-refractivity contribution is 5.87. The van der Waals surface area contributed by atoms with Crippen LogP contribution in [-0.4, -0.2) is 17.3 Å². The molecule has 2 heterocycles. The summed E-state index contributed by atoms with van der Waals surface area (Å²) < 4.78 is 16.6. The summed E-state index contributed by atoms with van der Waals surface area (Å²) in [6, 6.07) is 16.9. The monoisotopic (exact) mass is 470 g/mol. The van der Waals surface area contributed by atoms with E-state index in [4.69, 9.17) is 13.6 Å². The third kappa shape index (κ3) is 3.61. The Labute approximate surface area is 199 Å². The highest BCUT2D eigenvalue weighted by Gasteiger charge is 2.34. The Morgan fingerprint density at radius 3 is 1.71 bits per heavy atom. The first-order chi connectivity index (χ1) is 16.8. The molecule has 0 radical (unpaired) electrons. The van der Waals surface area contributed by atoms with Gasteiger partial charge in [-0.05, 0) is 55.3 Å². The molecular weight excluding hydrogens is 448 g/mol. The van der Waals surface area contributed by atoms with Crippen molar-refractivity contribution >= 4 is 21.9 Å². The number of aromatic hydroxyl groups is 2. The number of rotatable bonds is 4. The lowest BCUT2D eigenvalue weighted by molar-refractivity contribution is 0.404. The molecule has 5 aromatic rings. The van der Waals surface area contributed by atoms with Crippen molar-refractivity contribution in [1.82, 2.24) is 0 Å². The van der Waals surface area contributed by atoms with E-state index in [9.17, 15) is 19.8 Å². The molecule has 7 heteroatoms. The fourth-order valence-corrected chi connectivity index (χ4v) is 4.48. The Kier molecular flexibility index (Phi) is 5.32. The van der Waals surface area contributed by atoms with Gasteiger partial charge in [-0.2, -0.15) is 0 Å². The van der Waals surface area contributed by atoms with Crippen molar-refractivity contribution in [1.29, 1.82) is 0 Å². The highest BCUT2D eigenvalue weighted by Crippen LogP contribution is 2.44. The average Bonchev–Trinajstić information content (AvgIpc) is 2.82. The second kappa shape index (κ2) is 8.36. The van der Waals surface area contributed by atoms with Crippen molar-refractivity contribution in [2.24, 2.45) is 0 Å². The maximum atomic E-state index is 13.3. The molecule has 7 nitrogen and oxygen atoms in total. The topological polar surface area (TPSA) is 110 Å². The summed E-state index contributed by atoms with van der Waals surface area (Å²) in [7, 11) is 1.45. The molecule has 0 bridgehead atoms. The number of hydrogen-bond donors (Lipinski definition) is 2. The molecule has 176 valence electrons. The zero-order valence-corrected chi connectivity index (χ0v) is 19.3. The molecule has 3 aromatic carbocycles. The van der Waals surface area contributed by atoms with E-state index in [-0.39, 0.29) is 33.8 Å².